The third kappa shape index (κ3) is 4.33. The Labute approximate surface area is 108 Å². The molecule has 0 aliphatic carbocycles. The molecule has 0 amide bonds. The molecule has 0 spiro atoms. The van der Waals surface area contributed by atoms with Crippen LogP contribution in [0.3, 0.4) is 0 Å². The average Bonchev–Trinajstić information content (AvgIpc) is 2.30. The second-order valence-corrected chi connectivity index (χ2v) is 5.79. The van der Waals surface area contributed by atoms with Crippen molar-refractivity contribution in [1.82, 2.24) is 0 Å². The van der Waals surface area contributed by atoms with Gasteiger partial charge >= 0.3 is 0 Å². The van der Waals surface area contributed by atoms with Gasteiger partial charge < -0.3 is 4.74 Å². The molecule has 0 fully saturated rings. The molecule has 17 heavy (non-hydrogen) atoms. The summed E-state index contributed by atoms with van der Waals surface area (Å²) in [5.74, 6) is 6.43. The van der Waals surface area contributed by atoms with Crippen molar-refractivity contribution in [2.45, 2.75) is 11.8 Å². The Morgan fingerprint density at radius 1 is 1.29 bits per heavy atom. The molecule has 92 valence electrons. The van der Waals surface area contributed by atoms with Crippen LogP contribution in [0.1, 0.15) is 6.92 Å². The molecule has 1 aromatic carbocycles. The van der Waals surface area contributed by atoms with Gasteiger partial charge in [0.2, 0.25) is 0 Å². The molecule has 1 rings (SSSR count). The van der Waals surface area contributed by atoms with Gasteiger partial charge in [-0.1, -0.05) is 5.92 Å². The van der Waals surface area contributed by atoms with E-state index in [2.05, 4.69) is 24.5 Å². The maximum absolute atomic E-state index is 11.7. The van der Waals surface area contributed by atoms with Crippen molar-refractivity contribution in [2.75, 3.05) is 18.1 Å². The molecule has 0 aliphatic heterocycles. The van der Waals surface area contributed by atoms with Gasteiger partial charge in [-0.2, -0.15) is 12.6 Å². The van der Waals surface area contributed by atoms with Gasteiger partial charge in [0.25, 0.3) is 0 Å². The quantitative estimate of drug-likeness (QED) is 0.655. The van der Waals surface area contributed by atoms with Crippen molar-refractivity contribution >= 4 is 22.5 Å². The van der Waals surface area contributed by atoms with Crippen LogP contribution in [0.2, 0.25) is 0 Å². The summed E-state index contributed by atoms with van der Waals surface area (Å²) in [5, 5.41) is 0. The highest BCUT2D eigenvalue weighted by Crippen LogP contribution is 2.17. The molecule has 0 heterocycles. The fraction of sp³-hybridized carbons (Fsp3) is 0.333. The summed E-state index contributed by atoms with van der Waals surface area (Å²) < 4.78 is 28.7. The van der Waals surface area contributed by atoms with E-state index in [1.807, 2.05) is 0 Å². The van der Waals surface area contributed by atoms with Crippen molar-refractivity contribution in [3.05, 3.63) is 24.3 Å². The van der Waals surface area contributed by atoms with E-state index in [0.717, 1.165) is 0 Å². The van der Waals surface area contributed by atoms with E-state index in [0.29, 0.717) is 23.0 Å². The van der Waals surface area contributed by atoms with E-state index >= 15 is 0 Å². The predicted molar refractivity (Wildman–Crippen MR) is 71.3 cm³/mol. The maximum Gasteiger partial charge on any atom is 0.179 e. The van der Waals surface area contributed by atoms with Gasteiger partial charge in [0, 0.05) is 5.75 Å². The maximum atomic E-state index is 11.7. The highest BCUT2D eigenvalue weighted by atomic mass is 32.2. The lowest BCUT2D eigenvalue weighted by molar-refractivity contribution is 0.370. The molecule has 0 bridgehead atoms. The summed E-state index contributed by atoms with van der Waals surface area (Å²) in [7, 11) is -3.21. The molecule has 3 nitrogen and oxygen atoms in total. The van der Waals surface area contributed by atoms with Gasteiger partial charge in [0.1, 0.15) is 12.4 Å². The minimum atomic E-state index is -3.21. The summed E-state index contributed by atoms with van der Waals surface area (Å²) in [4.78, 5) is 0.292. The van der Waals surface area contributed by atoms with Gasteiger partial charge in [-0.15, -0.1) is 5.92 Å². The van der Waals surface area contributed by atoms with E-state index in [4.69, 9.17) is 4.74 Å². The first-order valence-corrected chi connectivity index (χ1v) is 7.34. The number of benzene rings is 1. The molecular formula is C12H14O3S2. The molecular weight excluding hydrogens is 256 g/mol. The summed E-state index contributed by atoms with van der Waals surface area (Å²) >= 11 is 3.92. The van der Waals surface area contributed by atoms with Crippen LogP contribution in [-0.2, 0) is 9.84 Å². The third-order valence-electron chi connectivity index (χ3n) is 2.03. The second kappa shape index (κ2) is 6.58. The zero-order chi connectivity index (χ0) is 12.7. The van der Waals surface area contributed by atoms with Crippen LogP contribution in [0.15, 0.2) is 29.2 Å². The Hall–Kier alpha value is -1.12. The number of rotatable bonds is 5. The lowest BCUT2D eigenvalue weighted by Gasteiger charge is -2.05. The molecule has 0 aromatic heterocycles. The standard InChI is InChI=1S/C12H14O3S2/c1-2-3-8-15-11-4-6-12(7-5-11)17(13,14)10-9-16/h4-7,16H,8-10H2,1H3. The van der Waals surface area contributed by atoms with E-state index < -0.39 is 9.84 Å². The van der Waals surface area contributed by atoms with E-state index in [1.54, 1.807) is 19.1 Å². The van der Waals surface area contributed by atoms with Crippen LogP contribution >= 0.6 is 12.6 Å². The highest BCUT2D eigenvalue weighted by Gasteiger charge is 2.12. The smallest absolute Gasteiger partial charge is 0.179 e. The monoisotopic (exact) mass is 270 g/mol. The van der Waals surface area contributed by atoms with Crippen molar-refractivity contribution in [1.29, 1.82) is 0 Å². The van der Waals surface area contributed by atoms with Crippen LogP contribution in [0.25, 0.3) is 0 Å². The Morgan fingerprint density at radius 2 is 1.94 bits per heavy atom. The van der Waals surface area contributed by atoms with Gasteiger partial charge in [-0.3, -0.25) is 0 Å². The van der Waals surface area contributed by atoms with Gasteiger partial charge in [-0.25, -0.2) is 8.42 Å². The first kappa shape index (κ1) is 13.9. The van der Waals surface area contributed by atoms with Crippen molar-refractivity contribution in [3.63, 3.8) is 0 Å². The van der Waals surface area contributed by atoms with E-state index in [1.165, 1.54) is 12.1 Å². The molecule has 0 unspecified atom stereocenters. The highest BCUT2D eigenvalue weighted by molar-refractivity contribution is 7.92. The summed E-state index contributed by atoms with van der Waals surface area (Å²) in [6, 6.07) is 6.33. The van der Waals surface area contributed by atoms with Crippen molar-refractivity contribution in [3.8, 4) is 17.6 Å². The molecule has 5 heteroatoms. The zero-order valence-corrected chi connectivity index (χ0v) is 11.2. The fourth-order valence-electron chi connectivity index (χ4n) is 1.17. The Morgan fingerprint density at radius 3 is 2.47 bits per heavy atom. The predicted octanol–water partition coefficient (Wildman–Crippen LogP) is 1.79. The molecule has 0 atom stereocenters. The van der Waals surface area contributed by atoms with Crippen LogP contribution in [-0.4, -0.2) is 26.5 Å². The third-order valence-corrected chi connectivity index (χ3v) is 4.29. The number of hydrogen-bond donors (Lipinski definition) is 1. The van der Waals surface area contributed by atoms with E-state index in [9.17, 15) is 8.42 Å². The van der Waals surface area contributed by atoms with Crippen LogP contribution in [0.5, 0.6) is 5.75 Å². The van der Waals surface area contributed by atoms with Crippen molar-refractivity contribution < 1.29 is 13.2 Å². The van der Waals surface area contributed by atoms with Crippen molar-refractivity contribution in [2.24, 2.45) is 0 Å². The number of hydrogen-bond acceptors (Lipinski definition) is 4. The number of ether oxygens (including phenoxy) is 1. The van der Waals surface area contributed by atoms with E-state index in [-0.39, 0.29) is 5.75 Å². The minimum Gasteiger partial charge on any atom is -0.481 e. The summed E-state index contributed by atoms with van der Waals surface area (Å²) in [6.07, 6.45) is 0. The normalized spacial score (nSPS) is 10.5. The minimum absolute atomic E-state index is 0.0393. The molecule has 0 N–H and O–H groups in total. The molecule has 0 saturated heterocycles. The molecule has 0 saturated carbocycles. The van der Waals surface area contributed by atoms with Gasteiger partial charge in [0.05, 0.1) is 10.6 Å². The van der Waals surface area contributed by atoms with Crippen LogP contribution in [0.4, 0.5) is 0 Å². The lowest BCUT2D eigenvalue weighted by Crippen LogP contribution is -2.07. The number of thiol groups is 1. The first-order valence-electron chi connectivity index (χ1n) is 5.06. The molecule has 1 aromatic rings. The number of sulfone groups is 1. The zero-order valence-electron chi connectivity index (χ0n) is 9.51. The van der Waals surface area contributed by atoms with Gasteiger partial charge in [-0.05, 0) is 31.2 Å². The topological polar surface area (TPSA) is 43.4 Å². The van der Waals surface area contributed by atoms with Crippen LogP contribution in [0, 0.1) is 11.8 Å². The van der Waals surface area contributed by atoms with Gasteiger partial charge in [0.15, 0.2) is 9.84 Å². The largest absolute Gasteiger partial charge is 0.481 e. The molecule has 0 aliphatic rings. The fourth-order valence-corrected chi connectivity index (χ4v) is 2.92. The second-order valence-electron chi connectivity index (χ2n) is 3.23. The Bertz CT molecular complexity index is 507. The average molecular weight is 270 g/mol. The van der Waals surface area contributed by atoms with Crippen LogP contribution < -0.4 is 4.74 Å². The summed E-state index contributed by atoms with van der Waals surface area (Å²) in [6.45, 7) is 2.04. The Kier molecular flexibility index (Phi) is 5.39. The SMILES string of the molecule is CC#CCOc1ccc(S(=O)(=O)CCS)cc1. The first-order chi connectivity index (χ1) is 8.10. The summed E-state index contributed by atoms with van der Waals surface area (Å²) in [5.41, 5.74) is 0. The lowest BCUT2D eigenvalue weighted by atomic mass is 10.3. The Balaban J connectivity index is 2.76. The molecule has 0 radical (unpaired) electrons.